The first kappa shape index (κ1) is 21.0. The maximum absolute atomic E-state index is 12.7. The number of thioether (sulfide) groups is 1. The molecule has 0 aliphatic carbocycles. The molecule has 3 rings (SSSR count). The van der Waals surface area contributed by atoms with E-state index in [0.717, 1.165) is 29.5 Å². The van der Waals surface area contributed by atoms with Gasteiger partial charge in [-0.15, -0.1) is 6.58 Å². The van der Waals surface area contributed by atoms with Gasteiger partial charge < -0.3 is 14.7 Å². The van der Waals surface area contributed by atoms with Gasteiger partial charge in [-0.05, 0) is 61.7 Å². The van der Waals surface area contributed by atoms with Crippen LogP contribution in [0.4, 0.5) is 4.79 Å². The molecule has 1 N–H and O–H groups in total. The highest BCUT2D eigenvalue weighted by Gasteiger charge is 2.37. The van der Waals surface area contributed by atoms with Crippen LogP contribution in [0.25, 0.3) is 6.08 Å². The molecular formula is C21H24N2O5S. The maximum atomic E-state index is 12.7. The van der Waals surface area contributed by atoms with Gasteiger partial charge in [0.15, 0.2) is 11.5 Å². The molecule has 0 unspecified atom stereocenters. The summed E-state index contributed by atoms with van der Waals surface area (Å²) in [6.07, 6.45) is 5.57. The largest absolute Gasteiger partial charge is 0.504 e. The van der Waals surface area contributed by atoms with Crippen molar-refractivity contribution in [1.29, 1.82) is 0 Å². The average Bonchev–Trinajstić information content (AvgIpc) is 3.31. The minimum atomic E-state index is -0.483. The van der Waals surface area contributed by atoms with Crippen LogP contribution < -0.4 is 4.74 Å². The number of allylic oxidation sites excluding steroid dienone is 1. The summed E-state index contributed by atoms with van der Waals surface area (Å²) >= 11 is 0.808. The lowest BCUT2D eigenvalue weighted by atomic mass is 10.1. The van der Waals surface area contributed by atoms with Gasteiger partial charge in [0, 0.05) is 18.7 Å². The molecule has 0 radical (unpaired) electrons. The van der Waals surface area contributed by atoms with Crippen molar-refractivity contribution in [3.63, 3.8) is 0 Å². The summed E-state index contributed by atoms with van der Waals surface area (Å²) in [5.74, 6) is -0.346. The number of phenolic OH excluding ortho intramolecular Hbond substituents is 1. The Bertz CT molecular complexity index is 874. The monoisotopic (exact) mass is 416 g/mol. The van der Waals surface area contributed by atoms with Gasteiger partial charge in [0.1, 0.15) is 6.54 Å². The highest BCUT2D eigenvalue weighted by atomic mass is 32.2. The Labute approximate surface area is 174 Å². The fourth-order valence-electron chi connectivity index (χ4n) is 3.34. The van der Waals surface area contributed by atoms with E-state index in [1.54, 1.807) is 29.2 Å². The third kappa shape index (κ3) is 4.64. The standard InChI is InChI=1S/C21H24N2O5S/c1-3-7-15-10-14(11-16(19(15)25)28-4-2)12-17-20(26)23(21(27)29-17)13-18(24)22-8-5-6-9-22/h3,10-12,25H,1,4-9,13H2,2H3/b17-12-. The number of aromatic hydroxyl groups is 1. The summed E-state index contributed by atoms with van der Waals surface area (Å²) < 4.78 is 5.47. The molecule has 1 aromatic carbocycles. The smallest absolute Gasteiger partial charge is 0.294 e. The molecule has 154 valence electrons. The highest BCUT2D eigenvalue weighted by molar-refractivity contribution is 8.18. The van der Waals surface area contributed by atoms with E-state index in [1.165, 1.54) is 0 Å². The Morgan fingerprint density at radius 3 is 2.69 bits per heavy atom. The number of carbonyl (C=O) groups is 3. The molecule has 0 atom stereocenters. The van der Waals surface area contributed by atoms with Crippen molar-refractivity contribution in [3.05, 3.63) is 40.8 Å². The molecule has 8 heteroatoms. The van der Waals surface area contributed by atoms with E-state index in [-0.39, 0.29) is 23.1 Å². The van der Waals surface area contributed by atoms with Crippen LogP contribution >= 0.6 is 11.8 Å². The predicted molar refractivity (Wildman–Crippen MR) is 112 cm³/mol. The number of nitrogens with zero attached hydrogens (tertiary/aromatic N) is 2. The van der Waals surface area contributed by atoms with E-state index in [0.29, 0.717) is 43.0 Å². The molecule has 1 aromatic rings. The van der Waals surface area contributed by atoms with Gasteiger partial charge in [-0.1, -0.05) is 6.08 Å². The lowest BCUT2D eigenvalue weighted by molar-refractivity contribution is -0.135. The molecule has 0 aromatic heterocycles. The normalized spacial score (nSPS) is 18.0. The molecule has 0 bridgehead atoms. The Hall–Kier alpha value is -2.74. The van der Waals surface area contributed by atoms with E-state index in [1.807, 2.05) is 6.92 Å². The third-order valence-electron chi connectivity index (χ3n) is 4.76. The number of rotatable bonds is 7. The molecule has 7 nitrogen and oxygen atoms in total. The second-order valence-corrected chi connectivity index (χ2v) is 7.80. The quantitative estimate of drug-likeness (QED) is 0.543. The van der Waals surface area contributed by atoms with Crippen LogP contribution in [0.5, 0.6) is 11.5 Å². The van der Waals surface area contributed by atoms with Crippen molar-refractivity contribution in [2.75, 3.05) is 26.2 Å². The Morgan fingerprint density at radius 2 is 2.03 bits per heavy atom. The van der Waals surface area contributed by atoms with Gasteiger partial charge >= 0.3 is 0 Å². The van der Waals surface area contributed by atoms with Crippen molar-refractivity contribution in [2.24, 2.45) is 0 Å². The predicted octanol–water partition coefficient (Wildman–Crippen LogP) is 3.18. The summed E-state index contributed by atoms with van der Waals surface area (Å²) in [5.41, 5.74) is 1.24. The molecule has 2 heterocycles. The first-order valence-corrected chi connectivity index (χ1v) is 10.4. The van der Waals surface area contributed by atoms with E-state index < -0.39 is 11.1 Å². The third-order valence-corrected chi connectivity index (χ3v) is 5.67. The van der Waals surface area contributed by atoms with Crippen LogP contribution in [0.2, 0.25) is 0 Å². The van der Waals surface area contributed by atoms with Gasteiger partial charge in [-0.3, -0.25) is 19.3 Å². The highest BCUT2D eigenvalue weighted by Crippen LogP contribution is 2.36. The fraction of sp³-hybridized carbons (Fsp3) is 0.381. The zero-order chi connectivity index (χ0) is 21.0. The molecular weight excluding hydrogens is 392 g/mol. The molecule has 2 aliphatic heterocycles. The lowest BCUT2D eigenvalue weighted by Gasteiger charge is -2.18. The molecule has 2 fully saturated rings. The first-order chi connectivity index (χ1) is 13.9. The SMILES string of the molecule is C=CCc1cc(/C=C2\SC(=O)N(CC(=O)N3CCCC3)C2=O)cc(OCC)c1O. The van der Waals surface area contributed by atoms with Crippen LogP contribution in [0.1, 0.15) is 30.9 Å². The van der Waals surface area contributed by atoms with Crippen molar-refractivity contribution >= 4 is 34.9 Å². The van der Waals surface area contributed by atoms with E-state index in [2.05, 4.69) is 6.58 Å². The van der Waals surface area contributed by atoms with Gasteiger partial charge in [0.25, 0.3) is 11.1 Å². The van der Waals surface area contributed by atoms with Crippen LogP contribution in [0.3, 0.4) is 0 Å². The minimum absolute atomic E-state index is 0.0354. The summed E-state index contributed by atoms with van der Waals surface area (Å²) in [6, 6.07) is 3.34. The lowest BCUT2D eigenvalue weighted by Crippen LogP contribution is -2.40. The molecule has 3 amide bonds. The zero-order valence-corrected chi connectivity index (χ0v) is 17.2. The van der Waals surface area contributed by atoms with Crippen molar-refractivity contribution in [3.8, 4) is 11.5 Å². The number of carbonyl (C=O) groups excluding carboxylic acids is 3. The molecule has 0 saturated carbocycles. The van der Waals surface area contributed by atoms with Crippen molar-refractivity contribution in [2.45, 2.75) is 26.2 Å². The Morgan fingerprint density at radius 1 is 1.31 bits per heavy atom. The second kappa shape index (κ2) is 9.17. The number of hydrogen-bond acceptors (Lipinski definition) is 6. The first-order valence-electron chi connectivity index (χ1n) is 9.57. The summed E-state index contributed by atoms with van der Waals surface area (Å²) in [5, 5.41) is 9.85. The fourth-order valence-corrected chi connectivity index (χ4v) is 4.18. The number of imide groups is 1. The van der Waals surface area contributed by atoms with Crippen LogP contribution in [-0.4, -0.2) is 58.2 Å². The van der Waals surface area contributed by atoms with Gasteiger partial charge in [0.05, 0.1) is 11.5 Å². The summed E-state index contributed by atoms with van der Waals surface area (Å²) in [4.78, 5) is 40.3. The number of ether oxygens (including phenoxy) is 1. The molecule has 29 heavy (non-hydrogen) atoms. The van der Waals surface area contributed by atoms with Gasteiger partial charge in [-0.25, -0.2) is 0 Å². The van der Waals surface area contributed by atoms with Gasteiger partial charge in [0.2, 0.25) is 5.91 Å². The number of likely N-dealkylation sites (tertiary alicyclic amines) is 1. The number of benzene rings is 1. The van der Waals surface area contributed by atoms with Crippen molar-refractivity contribution in [1.82, 2.24) is 9.80 Å². The van der Waals surface area contributed by atoms with Crippen LogP contribution in [0, 0.1) is 0 Å². The summed E-state index contributed by atoms with van der Waals surface area (Å²) in [7, 11) is 0. The Kier molecular flexibility index (Phi) is 6.64. The van der Waals surface area contributed by atoms with Crippen LogP contribution in [-0.2, 0) is 16.0 Å². The van der Waals surface area contributed by atoms with E-state index in [4.69, 9.17) is 4.74 Å². The average molecular weight is 416 g/mol. The topological polar surface area (TPSA) is 87.2 Å². The number of hydrogen-bond donors (Lipinski definition) is 1. The van der Waals surface area contributed by atoms with Crippen LogP contribution in [0.15, 0.2) is 29.7 Å². The molecule has 2 saturated heterocycles. The molecule has 2 aliphatic rings. The maximum Gasteiger partial charge on any atom is 0.294 e. The Balaban J connectivity index is 1.83. The second-order valence-electron chi connectivity index (χ2n) is 6.81. The van der Waals surface area contributed by atoms with Gasteiger partial charge in [-0.2, -0.15) is 0 Å². The number of phenols is 1. The van der Waals surface area contributed by atoms with Crippen molar-refractivity contribution < 1.29 is 24.2 Å². The van der Waals surface area contributed by atoms with E-state index >= 15 is 0 Å². The molecule has 0 spiro atoms. The number of amides is 3. The van der Waals surface area contributed by atoms with E-state index in [9.17, 15) is 19.5 Å². The summed E-state index contributed by atoms with van der Waals surface area (Å²) in [6.45, 7) is 6.98. The minimum Gasteiger partial charge on any atom is -0.504 e. The zero-order valence-electron chi connectivity index (χ0n) is 16.3.